The zero-order valence-electron chi connectivity index (χ0n) is 19.8. The van der Waals surface area contributed by atoms with E-state index >= 15 is 0 Å². The van der Waals surface area contributed by atoms with Crippen LogP contribution >= 0.6 is 0 Å². The molecule has 0 saturated heterocycles. The number of hydrogen-bond acceptors (Lipinski definition) is 4. The first kappa shape index (κ1) is 22.8. The molecule has 2 aromatic carbocycles. The number of aryl methyl sites for hydroxylation is 1. The molecule has 5 nitrogen and oxygen atoms in total. The van der Waals surface area contributed by atoms with E-state index in [1.807, 2.05) is 0 Å². The first-order valence-corrected chi connectivity index (χ1v) is 11.9. The number of nitrogens with zero attached hydrogens (tertiary/aromatic N) is 1. The molecule has 3 atom stereocenters. The largest absolute Gasteiger partial charge is 0.508 e. The molecule has 0 aromatic heterocycles. The highest BCUT2D eigenvalue weighted by Gasteiger charge is 2.51. The van der Waals surface area contributed by atoms with Crippen molar-refractivity contribution in [3.63, 3.8) is 0 Å². The topological polar surface area (TPSA) is 75.4 Å². The molecule has 0 radical (unpaired) electrons. The molecule has 0 bridgehead atoms. The van der Waals surface area contributed by atoms with E-state index in [2.05, 4.69) is 51.2 Å². The van der Waals surface area contributed by atoms with Crippen molar-refractivity contribution in [2.24, 2.45) is 11.3 Å². The number of benzene rings is 2. The molecule has 0 heterocycles. The van der Waals surface area contributed by atoms with E-state index in [9.17, 15) is 15.2 Å². The lowest BCUT2D eigenvalue weighted by atomic mass is 9.49. The van der Waals surface area contributed by atoms with Gasteiger partial charge >= 0.3 is 0 Å². The van der Waals surface area contributed by atoms with E-state index in [1.165, 1.54) is 55.0 Å². The van der Waals surface area contributed by atoms with E-state index < -0.39 is 4.92 Å². The van der Waals surface area contributed by atoms with Crippen LogP contribution in [0.1, 0.15) is 81.5 Å². The normalized spacial score (nSPS) is 27.1. The minimum Gasteiger partial charge on any atom is -0.508 e. The Bertz CT molecular complexity index is 1020. The Balaban J connectivity index is 1.52. The van der Waals surface area contributed by atoms with Crippen molar-refractivity contribution in [3.8, 4) is 5.75 Å². The molecule has 1 fully saturated rings. The number of fused-ring (bicyclic) bond motifs is 3. The molecule has 1 saturated carbocycles. The Kier molecular flexibility index (Phi) is 6.06. The van der Waals surface area contributed by atoms with Crippen LogP contribution in [0, 0.1) is 21.4 Å². The summed E-state index contributed by atoms with van der Waals surface area (Å²) in [6, 6.07) is 11.4. The van der Waals surface area contributed by atoms with Crippen molar-refractivity contribution in [2.75, 3.05) is 6.54 Å². The Morgan fingerprint density at radius 1 is 1.19 bits per heavy atom. The highest BCUT2D eigenvalue weighted by atomic mass is 16.6. The minimum absolute atomic E-state index is 0.0145. The molecular formula is C27H36N2O3. The third-order valence-electron chi connectivity index (χ3n) is 8.29. The predicted octanol–water partition coefficient (Wildman–Crippen LogP) is 6.22. The highest BCUT2D eigenvalue weighted by molar-refractivity contribution is 5.43. The van der Waals surface area contributed by atoms with E-state index in [0.717, 1.165) is 13.0 Å². The number of rotatable bonds is 6. The molecule has 0 amide bonds. The average molecular weight is 437 g/mol. The average Bonchev–Trinajstić information content (AvgIpc) is 2.74. The van der Waals surface area contributed by atoms with Gasteiger partial charge in [-0.05, 0) is 71.1 Å². The van der Waals surface area contributed by atoms with Gasteiger partial charge in [0, 0.05) is 30.8 Å². The second-order valence-corrected chi connectivity index (χ2v) is 10.8. The Morgan fingerprint density at radius 3 is 2.69 bits per heavy atom. The molecule has 2 aliphatic carbocycles. The summed E-state index contributed by atoms with van der Waals surface area (Å²) in [5, 5.41) is 24.8. The third-order valence-corrected chi connectivity index (χ3v) is 8.29. The molecule has 5 heteroatoms. The smallest absolute Gasteiger partial charge is 0.270 e. The van der Waals surface area contributed by atoms with E-state index in [0.29, 0.717) is 23.9 Å². The van der Waals surface area contributed by atoms with Crippen LogP contribution in [0.15, 0.2) is 36.4 Å². The molecule has 0 unspecified atom stereocenters. The standard InChI is InChI=1S/C27H36N2O3/c1-18(2)19-6-9-23-20(14-19)7-11-25-26(3,12-5-13-27(23,25)4)17-28-16-21-15-22(29(31)32)8-10-24(21)30/h6,8-10,14-15,18,25,28,30H,5,7,11-13,16-17H2,1-4H3/t25-,26-,27+/m0/s1. The van der Waals surface area contributed by atoms with Gasteiger partial charge in [0.25, 0.3) is 5.69 Å². The van der Waals surface area contributed by atoms with Crippen LogP contribution in [-0.2, 0) is 18.4 Å². The quantitative estimate of drug-likeness (QED) is 0.416. The van der Waals surface area contributed by atoms with Crippen LogP contribution in [0.3, 0.4) is 0 Å². The Hall–Kier alpha value is -2.40. The first-order valence-electron chi connectivity index (χ1n) is 11.9. The fourth-order valence-corrected chi connectivity index (χ4v) is 6.52. The summed E-state index contributed by atoms with van der Waals surface area (Å²) in [7, 11) is 0. The lowest BCUT2D eigenvalue weighted by Gasteiger charge is -2.55. The second-order valence-electron chi connectivity index (χ2n) is 10.8. The second kappa shape index (κ2) is 8.51. The van der Waals surface area contributed by atoms with Gasteiger partial charge in [-0.2, -0.15) is 0 Å². The zero-order chi connectivity index (χ0) is 23.1. The van der Waals surface area contributed by atoms with E-state index in [4.69, 9.17) is 0 Å². The number of nitro benzene ring substituents is 1. The Labute approximate surface area is 191 Å². The number of aromatic hydroxyl groups is 1. The SMILES string of the molecule is CC(C)c1ccc2c(c1)CC[C@H]1[C@](C)(CNCc3cc([N+](=O)[O-])ccc3O)CCC[C@]21C. The minimum atomic E-state index is -0.416. The van der Waals surface area contributed by atoms with Crippen LogP contribution in [-0.4, -0.2) is 16.6 Å². The molecule has 2 aliphatic rings. The van der Waals surface area contributed by atoms with Gasteiger partial charge < -0.3 is 10.4 Å². The van der Waals surface area contributed by atoms with Crippen LogP contribution in [0.5, 0.6) is 5.75 Å². The van der Waals surface area contributed by atoms with Crippen molar-refractivity contribution in [2.45, 2.75) is 77.7 Å². The summed E-state index contributed by atoms with van der Waals surface area (Å²) in [6.07, 6.45) is 5.95. The van der Waals surface area contributed by atoms with Gasteiger partial charge in [-0.25, -0.2) is 0 Å². The third kappa shape index (κ3) is 4.03. The number of phenolic OH excluding ortho intramolecular Hbond substituents is 1. The molecule has 32 heavy (non-hydrogen) atoms. The molecule has 0 spiro atoms. The predicted molar refractivity (Wildman–Crippen MR) is 128 cm³/mol. The van der Waals surface area contributed by atoms with Crippen molar-refractivity contribution in [1.29, 1.82) is 0 Å². The summed E-state index contributed by atoms with van der Waals surface area (Å²) < 4.78 is 0. The van der Waals surface area contributed by atoms with Crippen molar-refractivity contribution < 1.29 is 10.0 Å². The van der Waals surface area contributed by atoms with E-state index in [-0.39, 0.29) is 22.3 Å². The molecule has 4 rings (SSSR count). The van der Waals surface area contributed by atoms with Crippen LogP contribution in [0.2, 0.25) is 0 Å². The van der Waals surface area contributed by atoms with Gasteiger partial charge in [-0.15, -0.1) is 0 Å². The van der Waals surface area contributed by atoms with Gasteiger partial charge in [0.2, 0.25) is 0 Å². The number of hydrogen-bond donors (Lipinski definition) is 2. The Morgan fingerprint density at radius 2 is 1.97 bits per heavy atom. The van der Waals surface area contributed by atoms with Crippen molar-refractivity contribution >= 4 is 5.69 Å². The van der Waals surface area contributed by atoms with Gasteiger partial charge in [-0.1, -0.05) is 52.3 Å². The van der Waals surface area contributed by atoms with Crippen LogP contribution < -0.4 is 5.32 Å². The molecular weight excluding hydrogens is 400 g/mol. The van der Waals surface area contributed by atoms with E-state index in [1.54, 1.807) is 5.56 Å². The maximum Gasteiger partial charge on any atom is 0.270 e. The fourth-order valence-electron chi connectivity index (χ4n) is 6.52. The van der Waals surface area contributed by atoms with Gasteiger partial charge in [0.1, 0.15) is 5.75 Å². The fraction of sp³-hybridized carbons (Fsp3) is 0.556. The van der Waals surface area contributed by atoms with Crippen molar-refractivity contribution in [1.82, 2.24) is 5.32 Å². The lowest BCUT2D eigenvalue weighted by molar-refractivity contribution is -0.384. The maximum atomic E-state index is 11.1. The summed E-state index contributed by atoms with van der Waals surface area (Å²) in [6.45, 7) is 10.7. The highest BCUT2D eigenvalue weighted by Crippen LogP contribution is 2.57. The first-order chi connectivity index (χ1) is 15.1. The summed E-state index contributed by atoms with van der Waals surface area (Å²) >= 11 is 0. The van der Waals surface area contributed by atoms with Gasteiger partial charge in [0.15, 0.2) is 0 Å². The molecule has 0 aliphatic heterocycles. The molecule has 2 N–H and O–H groups in total. The summed E-state index contributed by atoms with van der Waals surface area (Å²) in [5.41, 5.74) is 5.44. The monoisotopic (exact) mass is 436 g/mol. The lowest BCUT2D eigenvalue weighted by Crippen LogP contribution is -2.52. The number of non-ortho nitro benzene ring substituents is 1. The summed E-state index contributed by atoms with van der Waals surface area (Å²) in [5.74, 6) is 1.25. The molecule has 172 valence electrons. The number of nitro groups is 1. The zero-order valence-corrected chi connectivity index (χ0v) is 19.8. The van der Waals surface area contributed by atoms with Gasteiger partial charge in [-0.3, -0.25) is 10.1 Å². The number of phenols is 1. The van der Waals surface area contributed by atoms with Crippen molar-refractivity contribution in [3.05, 3.63) is 68.8 Å². The maximum absolute atomic E-state index is 11.1. The van der Waals surface area contributed by atoms with Crippen LogP contribution in [0.4, 0.5) is 5.69 Å². The number of nitrogens with one attached hydrogen (secondary N) is 1. The van der Waals surface area contributed by atoms with Gasteiger partial charge in [0.05, 0.1) is 4.92 Å². The summed E-state index contributed by atoms with van der Waals surface area (Å²) in [4.78, 5) is 10.7. The molecule has 2 aromatic rings. The van der Waals surface area contributed by atoms with Crippen LogP contribution in [0.25, 0.3) is 0 Å².